The van der Waals surface area contributed by atoms with Crippen LogP contribution < -0.4 is 0 Å². The summed E-state index contributed by atoms with van der Waals surface area (Å²) in [5.74, 6) is 0. The summed E-state index contributed by atoms with van der Waals surface area (Å²) in [6.07, 6.45) is 6.92. The maximum atomic E-state index is 6.22. The van der Waals surface area contributed by atoms with Gasteiger partial charge in [0.15, 0.2) is 9.99 Å². The second-order valence-corrected chi connectivity index (χ2v) is 7.63. The summed E-state index contributed by atoms with van der Waals surface area (Å²) in [7, 11) is 0. The Morgan fingerprint density at radius 2 is 2.27 bits per heavy atom. The van der Waals surface area contributed by atoms with Crippen LogP contribution in [0, 0.1) is 0 Å². The SMILES string of the molecule is Clc1nsc([C@@H](Cn2ccnc2)OCN2C=CSC2Cl)c1Cl. The van der Waals surface area contributed by atoms with Gasteiger partial charge >= 0.3 is 0 Å². The number of halogens is 3. The van der Waals surface area contributed by atoms with Crippen LogP contribution in [0.3, 0.4) is 0 Å². The van der Waals surface area contributed by atoms with Crippen molar-refractivity contribution in [3.8, 4) is 0 Å². The van der Waals surface area contributed by atoms with Gasteiger partial charge in [-0.2, -0.15) is 4.37 Å². The molecule has 0 saturated heterocycles. The van der Waals surface area contributed by atoms with Gasteiger partial charge in [0.25, 0.3) is 0 Å². The van der Waals surface area contributed by atoms with Gasteiger partial charge in [-0.05, 0) is 16.9 Å². The molecule has 2 atom stereocenters. The van der Waals surface area contributed by atoms with Crippen LogP contribution in [-0.4, -0.2) is 30.4 Å². The van der Waals surface area contributed by atoms with Gasteiger partial charge in [0.1, 0.15) is 12.8 Å². The zero-order valence-corrected chi connectivity index (χ0v) is 15.0. The second kappa shape index (κ2) is 7.42. The van der Waals surface area contributed by atoms with E-state index in [4.69, 9.17) is 39.5 Å². The third kappa shape index (κ3) is 3.72. The van der Waals surface area contributed by atoms with Crippen LogP contribution in [-0.2, 0) is 11.3 Å². The van der Waals surface area contributed by atoms with Crippen LogP contribution in [0.2, 0.25) is 10.2 Å². The molecule has 0 fully saturated rings. The monoisotopic (exact) mass is 396 g/mol. The molecule has 0 aromatic carbocycles. The standard InChI is InChI=1S/C12H11Cl3N4OS2/c13-9-10(22-17-11(9)14)8(5-18-2-1-16-6-18)20-7-19-3-4-21-12(19)15/h1-4,6,8,12H,5,7H2/t8-,12?/m1/s1. The number of aromatic nitrogens is 3. The van der Waals surface area contributed by atoms with Crippen molar-refractivity contribution in [1.29, 1.82) is 0 Å². The van der Waals surface area contributed by atoms with Crippen LogP contribution >= 0.6 is 58.1 Å². The van der Waals surface area contributed by atoms with E-state index in [0.717, 1.165) is 4.88 Å². The lowest BCUT2D eigenvalue weighted by atomic mass is 10.3. The highest BCUT2D eigenvalue weighted by Crippen LogP contribution is 2.36. The molecular formula is C12H11Cl3N4OS2. The van der Waals surface area contributed by atoms with E-state index in [9.17, 15) is 0 Å². The summed E-state index contributed by atoms with van der Waals surface area (Å²) in [6, 6.07) is 0. The van der Waals surface area contributed by atoms with E-state index in [1.165, 1.54) is 23.3 Å². The maximum absolute atomic E-state index is 6.22. The Morgan fingerprint density at radius 1 is 1.41 bits per heavy atom. The van der Waals surface area contributed by atoms with Crippen LogP contribution in [0.5, 0.6) is 0 Å². The van der Waals surface area contributed by atoms with Gasteiger partial charge in [-0.1, -0.05) is 46.6 Å². The number of nitrogens with zero attached hydrogens (tertiary/aromatic N) is 4. The van der Waals surface area contributed by atoms with Crippen molar-refractivity contribution in [2.45, 2.75) is 17.5 Å². The highest BCUT2D eigenvalue weighted by Gasteiger charge is 2.24. The molecule has 1 aliphatic heterocycles. The molecule has 10 heteroatoms. The first-order valence-electron chi connectivity index (χ1n) is 6.25. The Hall–Kier alpha value is -0.440. The lowest BCUT2D eigenvalue weighted by Crippen LogP contribution is -2.25. The van der Waals surface area contributed by atoms with E-state index in [1.807, 2.05) is 27.3 Å². The molecule has 3 rings (SSSR count). The third-order valence-corrected chi connectivity index (χ3v) is 6.21. The van der Waals surface area contributed by atoms with Crippen molar-refractivity contribution >= 4 is 58.1 Å². The molecule has 1 aliphatic rings. The second-order valence-electron chi connectivity index (χ2n) is 4.42. The molecule has 0 amide bonds. The van der Waals surface area contributed by atoms with Crippen molar-refractivity contribution in [3.05, 3.63) is 45.4 Å². The van der Waals surface area contributed by atoms with Crippen molar-refractivity contribution < 1.29 is 4.74 Å². The van der Waals surface area contributed by atoms with E-state index < -0.39 is 0 Å². The van der Waals surface area contributed by atoms with Crippen LogP contribution in [0.1, 0.15) is 11.0 Å². The first kappa shape index (κ1) is 16.4. The van der Waals surface area contributed by atoms with Crippen molar-refractivity contribution in [2.24, 2.45) is 0 Å². The van der Waals surface area contributed by atoms with Crippen molar-refractivity contribution in [3.63, 3.8) is 0 Å². The number of hydrogen-bond acceptors (Lipinski definition) is 6. The smallest absolute Gasteiger partial charge is 0.161 e. The maximum Gasteiger partial charge on any atom is 0.161 e. The van der Waals surface area contributed by atoms with Gasteiger partial charge in [0, 0.05) is 18.6 Å². The van der Waals surface area contributed by atoms with E-state index in [2.05, 4.69) is 9.36 Å². The summed E-state index contributed by atoms with van der Waals surface area (Å²) >= 11 is 21.1. The Kier molecular flexibility index (Phi) is 5.54. The summed E-state index contributed by atoms with van der Waals surface area (Å²) in [5, 5.41) is 2.67. The van der Waals surface area contributed by atoms with Gasteiger partial charge in [-0.3, -0.25) is 0 Å². The highest BCUT2D eigenvalue weighted by molar-refractivity contribution is 8.04. The Morgan fingerprint density at radius 3 is 2.86 bits per heavy atom. The molecule has 0 spiro atoms. The molecule has 1 unspecified atom stereocenters. The molecular weight excluding hydrogens is 387 g/mol. The van der Waals surface area contributed by atoms with Crippen LogP contribution in [0.15, 0.2) is 30.3 Å². The Labute approximate surface area is 151 Å². The molecule has 22 heavy (non-hydrogen) atoms. The number of imidazole rings is 1. The van der Waals surface area contributed by atoms with Crippen LogP contribution in [0.25, 0.3) is 0 Å². The van der Waals surface area contributed by atoms with Crippen LogP contribution in [0.4, 0.5) is 0 Å². The summed E-state index contributed by atoms with van der Waals surface area (Å²) < 4.78 is 12.0. The van der Waals surface area contributed by atoms with E-state index in [-0.39, 0.29) is 10.9 Å². The first-order chi connectivity index (χ1) is 10.6. The Bertz CT molecular complexity index is 649. The molecule has 0 radical (unpaired) electrons. The van der Waals surface area contributed by atoms with Gasteiger partial charge in [-0.25, -0.2) is 4.98 Å². The van der Waals surface area contributed by atoms with E-state index in [1.54, 1.807) is 12.5 Å². The fourth-order valence-corrected chi connectivity index (χ4v) is 4.10. The number of hydrogen-bond donors (Lipinski definition) is 0. The summed E-state index contributed by atoms with van der Waals surface area (Å²) in [6.45, 7) is 0.915. The van der Waals surface area contributed by atoms with Gasteiger partial charge in [-0.15, -0.1) is 0 Å². The van der Waals surface area contributed by atoms with E-state index >= 15 is 0 Å². The normalized spacial score (nSPS) is 19.0. The minimum atomic E-state index is -0.283. The fraction of sp³-hybridized carbons (Fsp3) is 0.333. The number of rotatable bonds is 6. The predicted molar refractivity (Wildman–Crippen MR) is 91.3 cm³/mol. The lowest BCUT2D eigenvalue weighted by Gasteiger charge is -2.24. The topological polar surface area (TPSA) is 43.2 Å². The van der Waals surface area contributed by atoms with Gasteiger partial charge < -0.3 is 14.2 Å². The third-order valence-electron chi connectivity index (χ3n) is 2.98. The summed E-state index contributed by atoms with van der Waals surface area (Å²) in [5.41, 5.74) is 0. The molecule has 3 heterocycles. The van der Waals surface area contributed by atoms with Crippen molar-refractivity contribution in [1.82, 2.24) is 18.8 Å². The quantitative estimate of drug-likeness (QED) is 0.534. The molecule has 118 valence electrons. The first-order valence-corrected chi connectivity index (χ1v) is 9.16. The number of ether oxygens (including phenoxy) is 1. The molecule has 0 aliphatic carbocycles. The summed E-state index contributed by atoms with van der Waals surface area (Å²) in [4.78, 5) is 6.56. The number of alkyl halides is 1. The molecule has 0 N–H and O–H groups in total. The largest absolute Gasteiger partial charge is 0.350 e. The van der Waals surface area contributed by atoms with Gasteiger partial charge in [0.2, 0.25) is 0 Å². The molecule has 5 nitrogen and oxygen atoms in total. The number of thioether (sulfide) groups is 1. The molecule has 2 aromatic heterocycles. The van der Waals surface area contributed by atoms with Crippen molar-refractivity contribution in [2.75, 3.05) is 6.73 Å². The average molecular weight is 398 g/mol. The lowest BCUT2D eigenvalue weighted by molar-refractivity contribution is -0.00911. The molecule has 0 bridgehead atoms. The fourth-order valence-electron chi connectivity index (χ4n) is 1.87. The highest BCUT2D eigenvalue weighted by atomic mass is 35.5. The minimum absolute atomic E-state index is 0.158. The minimum Gasteiger partial charge on any atom is -0.350 e. The predicted octanol–water partition coefficient (Wildman–Crippen LogP) is 4.40. The average Bonchev–Trinajstić information content (AvgIpc) is 3.21. The van der Waals surface area contributed by atoms with Gasteiger partial charge in [0.05, 0.1) is 22.8 Å². The zero-order valence-electron chi connectivity index (χ0n) is 11.1. The zero-order chi connectivity index (χ0) is 15.5. The molecule has 0 saturated carbocycles. The Balaban J connectivity index is 1.74. The van der Waals surface area contributed by atoms with E-state index in [0.29, 0.717) is 23.5 Å². The molecule has 2 aromatic rings.